The van der Waals surface area contributed by atoms with E-state index in [1.165, 1.54) is 5.56 Å². The highest BCUT2D eigenvalue weighted by atomic mass is 127. The van der Waals surface area contributed by atoms with E-state index in [-0.39, 0.29) is 36.0 Å². The number of nitrogens with one attached hydrogen (secondary N) is 1. The summed E-state index contributed by atoms with van der Waals surface area (Å²) in [5, 5.41) is 3.59. The number of ether oxygens (including phenoxy) is 1. The molecule has 0 radical (unpaired) electrons. The molecule has 0 aliphatic carbocycles. The molecule has 2 atom stereocenters. The van der Waals surface area contributed by atoms with Crippen LogP contribution in [0.5, 0.6) is 0 Å². The minimum atomic E-state index is -0.227. The van der Waals surface area contributed by atoms with Gasteiger partial charge in [-0.3, -0.25) is 14.7 Å². The number of benzene rings is 1. The van der Waals surface area contributed by atoms with E-state index in [1.807, 2.05) is 11.9 Å². The minimum absolute atomic E-state index is 0. The highest BCUT2D eigenvalue weighted by Crippen LogP contribution is 2.20. The molecule has 0 saturated carbocycles. The Morgan fingerprint density at radius 1 is 1.16 bits per heavy atom. The molecule has 2 heterocycles. The fourth-order valence-corrected chi connectivity index (χ4v) is 4.43. The summed E-state index contributed by atoms with van der Waals surface area (Å²) in [4.78, 5) is 23.8. The monoisotopic (exact) mass is 543 g/mol. The zero-order valence-corrected chi connectivity index (χ0v) is 21.5. The maximum absolute atomic E-state index is 12.6. The van der Waals surface area contributed by atoms with E-state index in [2.05, 4.69) is 64.3 Å². The van der Waals surface area contributed by atoms with Crippen molar-refractivity contribution in [1.82, 2.24) is 20.0 Å². The van der Waals surface area contributed by atoms with Gasteiger partial charge < -0.3 is 19.9 Å². The Balaban J connectivity index is 0.00000341. The van der Waals surface area contributed by atoms with E-state index >= 15 is 0 Å². The summed E-state index contributed by atoms with van der Waals surface area (Å²) >= 11 is 0. The number of nitrogens with zero attached hydrogens (tertiary/aromatic N) is 4. The van der Waals surface area contributed by atoms with Crippen molar-refractivity contribution < 1.29 is 9.53 Å². The topological polar surface area (TPSA) is 60.4 Å². The average molecular weight is 543 g/mol. The van der Waals surface area contributed by atoms with E-state index in [0.717, 1.165) is 64.6 Å². The molecular weight excluding hydrogens is 505 g/mol. The zero-order valence-electron chi connectivity index (χ0n) is 19.1. The lowest BCUT2D eigenvalue weighted by molar-refractivity contribution is -0.142. The van der Waals surface area contributed by atoms with Crippen LogP contribution in [0.25, 0.3) is 0 Å². The largest absolute Gasteiger partial charge is 0.368 e. The summed E-state index contributed by atoms with van der Waals surface area (Å²) < 4.78 is 5.57. The zero-order chi connectivity index (χ0) is 21.3. The van der Waals surface area contributed by atoms with Gasteiger partial charge in [-0.25, -0.2) is 0 Å². The molecule has 0 spiro atoms. The third-order valence-electron chi connectivity index (χ3n) is 6.20. The van der Waals surface area contributed by atoms with Gasteiger partial charge in [0.15, 0.2) is 5.96 Å². The van der Waals surface area contributed by atoms with Gasteiger partial charge in [0.05, 0.1) is 6.04 Å². The van der Waals surface area contributed by atoms with Crippen LogP contribution >= 0.6 is 24.0 Å². The van der Waals surface area contributed by atoms with Crippen LogP contribution < -0.4 is 5.32 Å². The fraction of sp³-hybridized carbons (Fsp3) is 0.652. The molecule has 31 heavy (non-hydrogen) atoms. The van der Waals surface area contributed by atoms with Crippen LogP contribution in [0.4, 0.5) is 0 Å². The Bertz CT molecular complexity index is 684. The second kappa shape index (κ2) is 13.2. The first-order valence-electron chi connectivity index (χ1n) is 11.3. The minimum Gasteiger partial charge on any atom is -0.368 e. The van der Waals surface area contributed by atoms with E-state index < -0.39 is 0 Å². The predicted octanol–water partition coefficient (Wildman–Crippen LogP) is 2.59. The SMILES string of the molecule is CCN(CC)C(CNC(=NC)N1CCN(C(=O)C2CCCO2)CC1)c1ccccc1.I. The van der Waals surface area contributed by atoms with Gasteiger partial charge in [0, 0.05) is 46.4 Å². The molecule has 2 aliphatic heterocycles. The number of guanidine groups is 1. The summed E-state index contributed by atoms with van der Waals surface area (Å²) in [5.74, 6) is 1.06. The molecule has 2 fully saturated rings. The first-order chi connectivity index (χ1) is 14.7. The van der Waals surface area contributed by atoms with Gasteiger partial charge in [-0.05, 0) is 31.5 Å². The van der Waals surface area contributed by atoms with Crippen molar-refractivity contribution in [1.29, 1.82) is 0 Å². The molecule has 8 heteroatoms. The Morgan fingerprint density at radius 3 is 2.35 bits per heavy atom. The van der Waals surface area contributed by atoms with Crippen molar-refractivity contribution in [2.75, 3.05) is 59.5 Å². The van der Waals surface area contributed by atoms with Gasteiger partial charge >= 0.3 is 0 Å². The molecule has 174 valence electrons. The lowest BCUT2D eigenvalue weighted by Crippen LogP contribution is -2.56. The Kier molecular flexibility index (Phi) is 11.0. The molecule has 1 amide bonds. The van der Waals surface area contributed by atoms with Crippen LogP contribution in [0, 0.1) is 0 Å². The van der Waals surface area contributed by atoms with E-state index in [9.17, 15) is 4.79 Å². The Morgan fingerprint density at radius 2 is 1.81 bits per heavy atom. The molecular formula is C23H38IN5O2. The second-order valence-corrected chi connectivity index (χ2v) is 7.89. The number of carbonyl (C=O) groups is 1. The Labute approximate surface area is 204 Å². The van der Waals surface area contributed by atoms with Crippen molar-refractivity contribution in [2.24, 2.45) is 4.99 Å². The number of carbonyl (C=O) groups excluding carboxylic acids is 1. The number of aliphatic imine (C=N–C) groups is 1. The highest BCUT2D eigenvalue weighted by Gasteiger charge is 2.31. The molecule has 0 bridgehead atoms. The molecule has 1 aromatic rings. The van der Waals surface area contributed by atoms with Gasteiger partial charge in [-0.15, -0.1) is 24.0 Å². The van der Waals surface area contributed by atoms with Crippen molar-refractivity contribution in [2.45, 2.75) is 38.8 Å². The maximum Gasteiger partial charge on any atom is 0.251 e. The standard InChI is InChI=1S/C23H37N5O2.HI/c1-4-26(5-2)20(19-10-7-6-8-11-19)18-25-23(24-3)28-15-13-27(14-16-28)22(29)21-12-9-17-30-21;/h6-8,10-11,20-21H,4-5,9,12-18H2,1-3H3,(H,24,25);1H. The highest BCUT2D eigenvalue weighted by molar-refractivity contribution is 14.0. The molecule has 1 N–H and O–H groups in total. The predicted molar refractivity (Wildman–Crippen MR) is 136 cm³/mol. The molecule has 2 saturated heterocycles. The van der Waals surface area contributed by atoms with Crippen LogP contribution in [0.3, 0.4) is 0 Å². The van der Waals surface area contributed by atoms with Crippen molar-refractivity contribution >= 4 is 35.8 Å². The van der Waals surface area contributed by atoms with Crippen LogP contribution in [-0.4, -0.2) is 92.1 Å². The summed E-state index contributed by atoms with van der Waals surface area (Å²) in [7, 11) is 1.83. The smallest absolute Gasteiger partial charge is 0.251 e. The van der Waals surface area contributed by atoms with Crippen molar-refractivity contribution in [3.8, 4) is 0 Å². The maximum atomic E-state index is 12.6. The number of hydrogen-bond acceptors (Lipinski definition) is 4. The number of rotatable bonds is 7. The molecule has 0 aromatic heterocycles. The summed E-state index contributed by atoms with van der Waals surface area (Å²) in [6.45, 7) is 10.9. The fourth-order valence-electron chi connectivity index (χ4n) is 4.43. The Hall–Kier alpha value is -1.39. The van der Waals surface area contributed by atoms with Crippen molar-refractivity contribution in [3.05, 3.63) is 35.9 Å². The first kappa shape index (κ1) is 25.9. The van der Waals surface area contributed by atoms with E-state index in [1.54, 1.807) is 0 Å². The number of piperazine rings is 1. The average Bonchev–Trinajstić information content (AvgIpc) is 3.34. The van der Waals surface area contributed by atoms with Gasteiger partial charge in [0.25, 0.3) is 5.91 Å². The van der Waals surface area contributed by atoms with Crippen LogP contribution in [0.15, 0.2) is 35.3 Å². The van der Waals surface area contributed by atoms with Gasteiger partial charge in [-0.1, -0.05) is 44.2 Å². The number of likely N-dealkylation sites (N-methyl/N-ethyl adjacent to an activating group) is 1. The normalized spacial score (nSPS) is 20.5. The number of halogens is 1. The third kappa shape index (κ3) is 6.79. The number of hydrogen-bond donors (Lipinski definition) is 1. The molecule has 3 rings (SSSR count). The van der Waals surface area contributed by atoms with Crippen molar-refractivity contribution in [3.63, 3.8) is 0 Å². The number of amides is 1. The lowest BCUT2D eigenvalue weighted by Gasteiger charge is -2.38. The molecule has 7 nitrogen and oxygen atoms in total. The van der Waals surface area contributed by atoms with Crippen LogP contribution in [-0.2, 0) is 9.53 Å². The van der Waals surface area contributed by atoms with Crippen LogP contribution in [0.1, 0.15) is 38.3 Å². The molecule has 1 aromatic carbocycles. The third-order valence-corrected chi connectivity index (χ3v) is 6.20. The van der Waals surface area contributed by atoms with Gasteiger partial charge in [0.2, 0.25) is 0 Å². The summed E-state index contributed by atoms with van der Waals surface area (Å²) in [5.41, 5.74) is 1.32. The quantitative estimate of drug-likeness (QED) is 0.326. The first-order valence-corrected chi connectivity index (χ1v) is 11.3. The van der Waals surface area contributed by atoms with Gasteiger partial charge in [-0.2, -0.15) is 0 Å². The summed E-state index contributed by atoms with van der Waals surface area (Å²) in [6, 6.07) is 11.0. The van der Waals surface area contributed by atoms with E-state index in [0.29, 0.717) is 12.6 Å². The van der Waals surface area contributed by atoms with E-state index in [4.69, 9.17) is 4.74 Å². The lowest BCUT2D eigenvalue weighted by atomic mass is 10.1. The summed E-state index contributed by atoms with van der Waals surface area (Å²) in [6.07, 6.45) is 1.62. The molecule has 2 aliphatic rings. The molecule has 2 unspecified atom stereocenters. The second-order valence-electron chi connectivity index (χ2n) is 7.89. The van der Waals surface area contributed by atoms with Crippen LogP contribution in [0.2, 0.25) is 0 Å². The van der Waals surface area contributed by atoms with Gasteiger partial charge in [0.1, 0.15) is 6.10 Å².